The lowest BCUT2D eigenvalue weighted by Crippen LogP contribution is -2.25. The fourth-order valence-corrected chi connectivity index (χ4v) is 2.92. The van der Waals surface area contributed by atoms with E-state index in [2.05, 4.69) is 4.98 Å². The molecule has 0 aromatic heterocycles. The van der Waals surface area contributed by atoms with Crippen LogP contribution in [0.15, 0.2) is 58.3 Å². The Kier molecular flexibility index (Phi) is 2.92. The third-order valence-corrected chi connectivity index (χ3v) is 4.14. The molecular weight excluding hydrogens is 314 g/mol. The zero-order valence-electron chi connectivity index (χ0n) is 12.2. The molecule has 2 aliphatic rings. The predicted octanol–water partition coefficient (Wildman–Crippen LogP) is 2.87. The summed E-state index contributed by atoms with van der Waals surface area (Å²) in [6.07, 6.45) is 1.53. The maximum atomic E-state index is 12.8. The molecule has 0 fully saturated rings. The van der Waals surface area contributed by atoms with Gasteiger partial charge in [-0.15, -0.1) is 0 Å². The van der Waals surface area contributed by atoms with Crippen molar-refractivity contribution in [2.24, 2.45) is 0 Å². The van der Waals surface area contributed by atoms with Crippen molar-refractivity contribution < 1.29 is 0 Å². The van der Waals surface area contributed by atoms with Gasteiger partial charge in [-0.05, 0) is 37.3 Å². The van der Waals surface area contributed by atoms with Crippen molar-refractivity contribution in [3.05, 3.63) is 80.1 Å². The van der Waals surface area contributed by atoms with E-state index in [0.717, 1.165) is 5.56 Å². The van der Waals surface area contributed by atoms with E-state index in [0.29, 0.717) is 27.4 Å². The number of imidazole rings is 1. The fourth-order valence-electron chi connectivity index (χ4n) is 2.75. The molecule has 6 heteroatoms. The first-order valence-corrected chi connectivity index (χ1v) is 7.45. The molecule has 114 valence electrons. The van der Waals surface area contributed by atoms with Crippen LogP contribution in [-0.4, -0.2) is 14.1 Å². The third kappa shape index (κ3) is 2.01. The molecule has 2 heterocycles. The molecule has 0 saturated heterocycles. The SMILES string of the molecule is Cc1ccc(-n2c(=O)c3c[nH]c4cc(Cl)ccc4n-3c2=O)cc1. The highest BCUT2D eigenvalue weighted by atomic mass is 35.5. The van der Waals surface area contributed by atoms with Crippen LogP contribution in [0.1, 0.15) is 5.56 Å². The molecular formula is C17H12ClN3O2. The highest BCUT2D eigenvalue weighted by Gasteiger charge is 2.20. The maximum Gasteiger partial charge on any atom is 0.341 e. The Hall–Kier alpha value is -2.79. The summed E-state index contributed by atoms with van der Waals surface area (Å²) in [6.45, 7) is 1.95. The van der Waals surface area contributed by atoms with Gasteiger partial charge in [-0.2, -0.15) is 0 Å². The van der Waals surface area contributed by atoms with E-state index < -0.39 is 5.69 Å². The van der Waals surface area contributed by atoms with Crippen molar-refractivity contribution in [3.63, 3.8) is 0 Å². The summed E-state index contributed by atoms with van der Waals surface area (Å²) in [7, 11) is 0. The minimum absolute atomic E-state index is 0.297. The van der Waals surface area contributed by atoms with E-state index in [9.17, 15) is 9.59 Å². The summed E-state index contributed by atoms with van der Waals surface area (Å²) in [5.74, 6) is 0. The van der Waals surface area contributed by atoms with Gasteiger partial charge >= 0.3 is 5.69 Å². The van der Waals surface area contributed by atoms with Crippen LogP contribution in [-0.2, 0) is 0 Å². The number of aromatic amines is 1. The number of nitrogens with one attached hydrogen (secondary N) is 1. The van der Waals surface area contributed by atoms with Gasteiger partial charge in [0.05, 0.1) is 16.7 Å². The highest BCUT2D eigenvalue weighted by Crippen LogP contribution is 2.19. The van der Waals surface area contributed by atoms with Crippen molar-refractivity contribution >= 4 is 22.6 Å². The molecule has 23 heavy (non-hydrogen) atoms. The Balaban J connectivity index is 2.13. The lowest BCUT2D eigenvalue weighted by molar-refractivity contribution is 0.921. The summed E-state index contributed by atoms with van der Waals surface area (Å²) in [4.78, 5) is 28.5. The van der Waals surface area contributed by atoms with Crippen LogP contribution < -0.4 is 11.2 Å². The van der Waals surface area contributed by atoms with Crippen LogP contribution in [0.25, 0.3) is 22.4 Å². The molecule has 4 rings (SSSR count). The topological polar surface area (TPSA) is 59.8 Å². The Morgan fingerprint density at radius 3 is 2.48 bits per heavy atom. The number of halogens is 1. The molecule has 2 aromatic rings. The average molecular weight is 326 g/mol. The second kappa shape index (κ2) is 4.86. The molecule has 0 atom stereocenters. The van der Waals surface area contributed by atoms with Crippen LogP contribution >= 0.6 is 11.6 Å². The smallest absolute Gasteiger partial charge is 0.341 e. The van der Waals surface area contributed by atoms with Gasteiger partial charge in [0, 0.05) is 11.2 Å². The van der Waals surface area contributed by atoms with Gasteiger partial charge in [0.15, 0.2) is 0 Å². The predicted molar refractivity (Wildman–Crippen MR) is 90.4 cm³/mol. The van der Waals surface area contributed by atoms with Crippen LogP contribution in [0.3, 0.4) is 0 Å². The molecule has 0 unspecified atom stereocenters. The van der Waals surface area contributed by atoms with E-state index in [-0.39, 0.29) is 5.56 Å². The fraction of sp³-hybridized carbons (Fsp3) is 0.0588. The lowest BCUT2D eigenvalue weighted by atomic mass is 10.2. The zero-order valence-corrected chi connectivity index (χ0v) is 13.0. The summed E-state index contributed by atoms with van der Waals surface area (Å²) >= 11 is 5.98. The molecule has 0 bridgehead atoms. The Morgan fingerprint density at radius 2 is 1.74 bits per heavy atom. The molecule has 2 aromatic carbocycles. The molecule has 0 spiro atoms. The number of hydrogen-bond donors (Lipinski definition) is 1. The quantitative estimate of drug-likeness (QED) is 0.585. The minimum atomic E-state index is -0.393. The first kappa shape index (κ1) is 13.8. The van der Waals surface area contributed by atoms with E-state index in [1.165, 1.54) is 15.3 Å². The van der Waals surface area contributed by atoms with Gasteiger partial charge in [0.25, 0.3) is 5.56 Å². The summed E-state index contributed by atoms with van der Waals surface area (Å²) in [6, 6.07) is 12.4. The number of nitrogens with zero attached hydrogens (tertiary/aromatic N) is 2. The van der Waals surface area contributed by atoms with Gasteiger partial charge in [-0.1, -0.05) is 29.3 Å². The maximum absolute atomic E-state index is 12.8. The monoisotopic (exact) mass is 325 g/mol. The molecule has 0 radical (unpaired) electrons. The number of aromatic nitrogens is 3. The number of benzene rings is 2. The van der Waals surface area contributed by atoms with Crippen LogP contribution in [0.2, 0.25) is 5.02 Å². The molecule has 5 nitrogen and oxygen atoms in total. The van der Waals surface area contributed by atoms with E-state index in [1.807, 2.05) is 19.1 Å². The molecule has 0 amide bonds. The molecule has 2 aliphatic heterocycles. The Labute approximate surface area is 135 Å². The first-order chi connectivity index (χ1) is 11.1. The summed E-state index contributed by atoms with van der Waals surface area (Å²) in [5.41, 5.74) is 2.46. The van der Waals surface area contributed by atoms with Gasteiger partial charge < -0.3 is 4.98 Å². The lowest BCUT2D eigenvalue weighted by Gasteiger charge is -2.06. The standard InChI is InChI=1S/C17H12ClN3O2/c1-10-2-5-12(6-3-10)20-16(22)15-9-19-13-8-11(18)4-7-14(13)21(15)17(20)23/h2-9,19H,1H3. The first-order valence-electron chi connectivity index (χ1n) is 7.08. The Bertz CT molecular complexity index is 1120. The Morgan fingerprint density at radius 1 is 1.00 bits per heavy atom. The number of H-pyrrole nitrogens is 1. The number of fused-ring (bicyclic) bond motifs is 3. The van der Waals surface area contributed by atoms with Crippen molar-refractivity contribution in [1.82, 2.24) is 14.1 Å². The molecule has 0 saturated carbocycles. The molecule has 1 N–H and O–H groups in total. The number of rotatable bonds is 1. The summed E-state index contributed by atoms with van der Waals surface area (Å²) in [5, 5.41) is 0.557. The van der Waals surface area contributed by atoms with E-state index in [4.69, 9.17) is 11.6 Å². The second-order valence-electron chi connectivity index (χ2n) is 5.43. The van der Waals surface area contributed by atoms with Crippen molar-refractivity contribution in [3.8, 4) is 11.4 Å². The van der Waals surface area contributed by atoms with Crippen LogP contribution in [0.4, 0.5) is 0 Å². The second-order valence-corrected chi connectivity index (χ2v) is 5.87. The van der Waals surface area contributed by atoms with E-state index in [1.54, 1.807) is 30.3 Å². The van der Waals surface area contributed by atoms with Crippen molar-refractivity contribution in [1.29, 1.82) is 0 Å². The third-order valence-electron chi connectivity index (χ3n) is 3.90. The van der Waals surface area contributed by atoms with Gasteiger partial charge in [-0.25, -0.2) is 9.36 Å². The number of hydrogen-bond acceptors (Lipinski definition) is 2. The highest BCUT2D eigenvalue weighted by molar-refractivity contribution is 6.31. The largest absolute Gasteiger partial charge is 0.358 e. The zero-order chi connectivity index (χ0) is 16.1. The van der Waals surface area contributed by atoms with Gasteiger partial charge in [-0.3, -0.25) is 9.36 Å². The average Bonchev–Trinajstić information content (AvgIpc) is 2.80. The number of aryl methyl sites for hydroxylation is 1. The molecule has 0 aliphatic carbocycles. The normalized spacial score (nSPS) is 11.4. The van der Waals surface area contributed by atoms with Crippen LogP contribution in [0, 0.1) is 6.92 Å². The van der Waals surface area contributed by atoms with Crippen molar-refractivity contribution in [2.45, 2.75) is 6.92 Å². The van der Waals surface area contributed by atoms with E-state index >= 15 is 0 Å². The minimum Gasteiger partial charge on any atom is -0.358 e. The van der Waals surface area contributed by atoms with Gasteiger partial charge in [0.2, 0.25) is 0 Å². The summed E-state index contributed by atoms with van der Waals surface area (Å²) < 4.78 is 2.58. The van der Waals surface area contributed by atoms with Crippen LogP contribution in [0.5, 0.6) is 0 Å². The van der Waals surface area contributed by atoms with Crippen molar-refractivity contribution in [2.75, 3.05) is 0 Å². The van der Waals surface area contributed by atoms with Gasteiger partial charge in [0.1, 0.15) is 5.69 Å².